The molecule has 2 aromatic rings. The zero-order valence-corrected chi connectivity index (χ0v) is 13.8. The Morgan fingerprint density at radius 1 is 1.10 bits per heavy atom. The van der Waals surface area contributed by atoms with Gasteiger partial charge in [0.1, 0.15) is 12.4 Å². The van der Waals surface area contributed by atoms with E-state index in [2.05, 4.69) is 15.9 Å². The first-order chi connectivity index (χ1) is 9.61. The van der Waals surface area contributed by atoms with Gasteiger partial charge in [0.25, 0.3) is 0 Å². The summed E-state index contributed by atoms with van der Waals surface area (Å²) in [6.07, 6.45) is 0.801. The van der Waals surface area contributed by atoms with Crippen LogP contribution in [0.4, 0.5) is 0 Å². The number of halogens is 3. The highest BCUT2D eigenvalue weighted by Gasteiger charge is 2.06. The fraction of sp³-hybridized carbons (Fsp3) is 0.200. The fourth-order valence-corrected chi connectivity index (χ4v) is 2.63. The lowest BCUT2D eigenvalue weighted by Crippen LogP contribution is -2.04. The topological polar surface area (TPSA) is 35.2 Å². The standard InChI is InChI=1S/C15H14BrCl2NO/c16-13-5-4-12(8-10(13)6-7-19)20-9-11-2-1-3-14(17)15(11)18/h1-5,8H,6-7,9,19H2. The smallest absolute Gasteiger partial charge is 0.120 e. The molecular formula is C15H14BrCl2NO. The summed E-state index contributed by atoms with van der Waals surface area (Å²) in [5, 5.41) is 1.07. The molecule has 5 heteroatoms. The Bertz CT molecular complexity index is 604. The van der Waals surface area contributed by atoms with E-state index in [1.807, 2.05) is 30.3 Å². The first-order valence-corrected chi connectivity index (χ1v) is 7.71. The van der Waals surface area contributed by atoms with E-state index in [1.165, 1.54) is 0 Å². The van der Waals surface area contributed by atoms with Crippen molar-refractivity contribution in [2.75, 3.05) is 6.54 Å². The number of nitrogens with two attached hydrogens (primary N) is 1. The molecule has 0 radical (unpaired) electrons. The van der Waals surface area contributed by atoms with Gasteiger partial charge in [-0.15, -0.1) is 0 Å². The summed E-state index contributed by atoms with van der Waals surface area (Å²) in [5.74, 6) is 0.785. The predicted molar refractivity (Wildman–Crippen MR) is 87.7 cm³/mol. The van der Waals surface area contributed by atoms with Crippen LogP contribution < -0.4 is 10.5 Å². The maximum atomic E-state index is 6.13. The zero-order valence-electron chi connectivity index (χ0n) is 10.7. The SMILES string of the molecule is NCCc1cc(OCc2cccc(Cl)c2Cl)ccc1Br. The third kappa shape index (κ3) is 3.89. The Labute approximate surface area is 137 Å². The molecule has 0 aliphatic carbocycles. The van der Waals surface area contributed by atoms with E-state index in [-0.39, 0.29) is 0 Å². The van der Waals surface area contributed by atoms with E-state index in [0.717, 1.165) is 27.8 Å². The van der Waals surface area contributed by atoms with Crippen molar-refractivity contribution in [2.24, 2.45) is 5.73 Å². The van der Waals surface area contributed by atoms with E-state index in [4.69, 9.17) is 33.7 Å². The van der Waals surface area contributed by atoms with Crippen LogP contribution in [0, 0.1) is 0 Å². The van der Waals surface area contributed by atoms with Gasteiger partial charge < -0.3 is 10.5 Å². The van der Waals surface area contributed by atoms with Gasteiger partial charge in [0.15, 0.2) is 0 Å². The van der Waals surface area contributed by atoms with Crippen molar-refractivity contribution >= 4 is 39.1 Å². The average molecular weight is 375 g/mol. The highest BCUT2D eigenvalue weighted by molar-refractivity contribution is 9.10. The molecule has 106 valence electrons. The van der Waals surface area contributed by atoms with E-state index in [1.54, 1.807) is 6.07 Å². The maximum absolute atomic E-state index is 6.13. The van der Waals surface area contributed by atoms with Gasteiger partial charge in [-0.1, -0.05) is 51.3 Å². The Hall–Kier alpha value is -0.740. The number of hydrogen-bond donors (Lipinski definition) is 1. The Balaban J connectivity index is 2.11. The van der Waals surface area contributed by atoms with Crippen molar-refractivity contribution in [2.45, 2.75) is 13.0 Å². The molecule has 0 aliphatic rings. The lowest BCUT2D eigenvalue weighted by atomic mass is 10.1. The minimum atomic E-state index is 0.378. The van der Waals surface area contributed by atoms with Crippen LogP contribution in [0.5, 0.6) is 5.75 Å². The van der Waals surface area contributed by atoms with E-state index < -0.39 is 0 Å². The van der Waals surface area contributed by atoms with Crippen LogP contribution in [0.2, 0.25) is 10.0 Å². The number of ether oxygens (including phenoxy) is 1. The normalized spacial score (nSPS) is 10.6. The van der Waals surface area contributed by atoms with Crippen molar-refractivity contribution in [3.05, 3.63) is 62.0 Å². The first kappa shape index (κ1) is 15.6. The second kappa shape index (κ2) is 7.32. The van der Waals surface area contributed by atoms with Gasteiger partial charge in [0.05, 0.1) is 10.0 Å². The van der Waals surface area contributed by atoms with Crippen LogP contribution in [-0.4, -0.2) is 6.54 Å². The monoisotopic (exact) mass is 373 g/mol. The molecule has 0 bridgehead atoms. The minimum absolute atomic E-state index is 0.378. The number of rotatable bonds is 5. The van der Waals surface area contributed by atoms with Gasteiger partial charge in [0, 0.05) is 10.0 Å². The Kier molecular flexibility index (Phi) is 5.73. The summed E-state index contributed by atoms with van der Waals surface area (Å²) in [6, 6.07) is 11.4. The van der Waals surface area contributed by atoms with Crippen LogP contribution in [-0.2, 0) is 13.0 Å². The van der Waals surface area contributed by atoms with Crippen molar-refractivity contribution in [1.29, 1.82) is 0 Å². The van der Waals surface area contributed by atoms with E-state index in [9.17, 15) is 0 Å². The molecule has 0 unspecified atom stereocenters. The minimum Gasteiger partial charge on any atom is -0.489 e. The summed E-state index contributed by atoms with van der Waals surface area (Å²) in [7, 11) is 0. The first-order valence-electron chi connectivity index (χ1n) is 6.16. The molecule has 0 aliphatic heterocycles. The highest BCUT2D eigenvalue weighted by atomic mass is 79.9. The largest absolute Gasteiger partial charge is 0.489 e. The van der Waals surface area contributed by atoms with Gasteiger partial charge in [-0.05, 0) is 42.8 Å². The van der Waals surface area contributed by atoms with Crippen molar-refractivity contribution in [1.82, 2.24) is 0 Å². The average Bonchev–Trinajstić information content (AvgIpc) is 2.44. The lowest BCUT2D eigenvalue weighted by molar-refractivity contribution is 0.306. The van der Waals surface area contributed by atoms with Gasteiger partial charge in [-0.3, -0.25) is 0 Å². The molecule has 0 saturated carbocycles. The van der Waals surface area contributed by atoms with E-state index in [0.29, 0.717) is 23.2 Å². The van der Waals surface area contributed by atoms with Crippen molar-refractivity contribution in [3.63, 3.8) is 0 Å². The summed E-state index contributed by atoms with van der Waals surface area (Å²) in [4.78, 5) is 0. The molecule has 0 amide bonds. The second-order valence-corrected chi connectivity index (χ2v) is 5.93. The number of benzene rings is 2. The van der Waals surface area contributed by atoms with Gasteiger partial charge in [-0.2, -0.15) is 0 Å². The molecule has 0 aromatic heterocycles. The quantitative estimate of drug-likeness (QED) is 0.812. The van der Waals surface area contributed by atoms with Gasteiger partial charge in [-0.25, -0.2) is 0 Å². The number of hydrogen-bond acceptors (Lipinski definition) is 2. The highest BCUT2D eigenvalue weighted by Crippen LogP contribution is 2.28. The van der Waals surface area contributed by atoms with Crippen molar-refractivity contribution < 1.29 is 4.74 Å². The molecule has 2 nitrogen and oxygen atoms in total. The van der Waals surface area contributed by atoms with Crippen LogP contribution in [0.15, 0.2) is 40.9 Å². The third-order valence-electron chi connectivity index (χ3n) is 2.86. The van der Waals surface area contributed by atoms with Crippen LogP contribution in [0.3, 0.4) is 0 Å². The molecule has 20 heavy (non-hydrogen) atoms. The summed E-state index contributed by atoms with van der Waals surface area (Å²) >= 11 is 15.6. The summed E-state index contributed by atoms with van der Waals surface area (Å²) < 4.78 is 6.80. The molecule has 0 heterocycles. The predicted octanol–water partition coefficient (Wildman–Crippen LogP) is 4.84. The maximum Gasteiger partial charge on any atom is 0.120 e. The summed E-state index contributed by atoms with van der Waals surface area (Å²) in [6.45, 7) is 0.977. The van der Waals surface area contributed by atoms with Gasteiger partial charge in [0.2, 0.25) is 0 Å². The third-order valence-corrected chi connectivity index (χ3v) is 4.49. The molecule has 2 rings (SSSR count). The Morgan fingerprint density at radius 2 is 1.90 bits per heavy atom. The molecule has 2 N–H and O–H groups in total. The zero-order chi connectivity index (χ0) is 14.5. The van der Waals surface area contributed by atoms with Crippen LogP contribution >= 0.6 is 39.1 Å². The molecule has 2 aromatic carbocycles. The van der Waals surface area contributed by atoms with Crippen LogP contribution in [0.1, 0.15) is 11.1 Å². The molecule has 0 atom stereocenters. The lowest BCUT2D eigenvalue weighted by Gasteiger charge is -2.11. The second-order valence-electron chi connectivity index (χ2n) is 4.29. The molecule has 0 fully saturated rings. The molecule has 0 spiro atoms. The molecule has 0 saturated heterocycles. The Morgan fingerprint density at radius 3 is 2.65 bits per heavy atom. The summed E-state index contributed by atoms with van der Waals surface area (Å²) in [5.41, 5.74) is 7.58. The van der Waals surface area contributed by atoms with Crippen molar-refractivity contribution in [3.8, 4) is 5.75 Å². The van der Waals surface area contributed by atoms with Gasteiger partial charge >= 0.3 is 0 Å². The molecular weight excluding hydrogens is 361 g/mol. The van der Waals surface area contributed by atoms with Crippen LogP contribution in [0.25, 0.3) is 0 Å². The fourth-order valence-electron chi connectivity index (χ4n) is 1.81. The van der Waals surface area contributed by atoms with E-state index >= 15 is 0 Å².